The minimum atomic E-state index is -3.80. The first-order valence-corrected chi connectivity index (χ1v) is 11.1. The molecule has 0 saturated carbocycles. The van der Waals surface area contributed by atoms with E-state index in [4.69, 9.17) is 39.5 Å². The SMILES string of the molecule is COc1ccc(C(C)NC(=O)CN(c2cc(Cl)c(Cl)cc2Cl)S(C)(=O)=O)cc1. The molecule has 1 amide bonds. The Morgan fingerprint density at radius 2 is 1.68 bits per heavy atom. The number of anilines is 1. The quantitative estimate of drug-likeness (QED) is 0.619. The van der Waals surface area contributed by atoms with Crippen LogP contribution in [0, 0.1) is 0 Å². The topological polar surface area (TPSA) is 75.7 Å². The van der Waals surface area contributed by atoms with E-state index in [1.807, 2.05) is 12.1 Å². The molecule has 0 saturated heterocycles. The predicted octanol–water partition coefficient (Wildman–Crippen LogP) is 4.30. The van der Waals surface area contributed by atoms with Gasteiger partial charge in [-0.3, -0.25) is 9.10 Å². The van der Waals surface area contributed by atoms with E-state index in [1.165, 1.54) is 12.1 Å². The van der Waals surface area contributed by atoms with Gasteiger partial charge in [-0.2, -0.15) is 0 Å². The number of carbonyl (C=O) groups excluding carboxylic acids is 1. The van der Waals surface area contributed by atoms with Gasteiger partial charge in [0.25, 0.3) is 0 Å². The molecule has 28 heavy (non-hydrogen) atoms. The normalized spacial score (nSPS) is 12.4. The number of hydrogen-bond donors (Lipinski definition) is 1. The molecule has 2 aromatic carbocycles. The summed E-state index contributed by atoms with van der Waals surface area (Å²) in [7, 11) is -2.24. The van der Waals surface area contributed by atoms with Crippen molar-refractivity contribution < 1.29 is 17.9 Å². The van der Waals surface area contributed by atoms with Crippen LogP contribution in [0.25, 0.3) is 0 Å². The van der Waals surface area contributed by atoms with Crippen LogP contribution in [0.2, 0.25) is 15.1 Å². The highest BCUT2D eigenvalue weighted by Crippen LogP contribution is 2.35. The highest BCUT2D eigenvalue weighted by Gasteiger charge is 2.25. The van der Waals surface area contributed by atoms with Crippen LogP contribution in [-0.4, -0.2) is 34.2 Å². The lowest BCUT2D eigenvalue weighted by Crippen LogP contribution is -2.41. The van der Waals surface area contributed by atoms with Crippen LogP contribution in [0.1, 0.15) is 18.5 Å². The number of halogens is 3. The van der Waals surface area contributed by atoms with Crippen LogP contribution in [0.4, 0.5) is 5.69 Å². The van der Waals surface area contributed by atoms with E-state index in [0.29, 0.717) is 5.75 Å². The molecule has 0 heterocycles. The molecule has 2 rings (SSSR count). The molecule has 2 aromatic rings. The van der Waals surface area contributed by atoms with Crippen molar-refractivity contribution in [3.05, 3.63) is 57.0 Å². The molecule has 0 aliphatic carbocycles. The van der Waals surface area contributed by atoms with Crippen molar-refractivity contribution in [2.24, 2.45) is 0 Å². The standard InChI is InChI=1S/C18H19Cl3N2O4S/c1-11(12-4-6-13(27-2)7-5-12)22-18(24)10-23(28(3,25)26)17-9-15(20)14(19)8-16(17)21/h4-9,11H,10H2,1-3H3,(H,22,24). The van der Waals surface area contributed by atoms with E-state index in [9.17, 15) is 13.2 Å². The third-order valence-electron chi connectivity index (χ3n) is 3.94. The first-order chi connectivity index (χ1) is 13.0. The largest absolute Gasteiger partial charge is 0.497 e. The Balaban J connectivity index is 2.21. The number of rotatable bonds is 7. The van der Waals surface area contributed by atoms with Gasteiger partial charge in [-0.15, -0.1) is 0 Å². The summed E-state index contributed by atoms with van der Waals surface area (Å²) in [6, 6.07) is 9.47. The van der Waals surface area contributed by atoms with Gasteiger partial charge in [0, 0.05) is 0 Å². The summed E-state index contributed by atoms with van der Waals surface area (Å²) < 4.78 is 30.5. The van der Waals surface area contributed by atoms with Gasteiger partial charge >= 0.3 is 0 Å². The Hall–Kier alpha value is -1.67. The second-order valence-corrected chi connectivity index (χ2v) is 9.18. The fourth-order valence-corrected chi connectivity index (χ4v) is 4.03. The van der Waals surface area contributed by atoms with Crippen LogP contribution >= 0.6 is 34.8 Å². The lowest BCUT2D eigenvalue weighted by molar-refractivity contribution is -0.120. The van der Waals surface area contributed by atoms with Crippen molar-refractivity contribution in [2.45, 2.75) is 13.0 Å². The average Bonchev–Trinajstić information content (AvgIpc) is 2.62. The lowest BCUT2D eigenvalue weighted by Gasteiger charge is -2.24. The van der Waals surface area contributed by atoms with Crippen molar-refractivity contribution in [1.29, 1.82) is 0 Å². The summed E-state index contributed by atoms with van der Waals surface area (Å²) in [5.74, 6) is 0.190. The molecule has 0 fully saturated rings. The predicted molar refractivity (Wildman–Crippen MR) is 113 cm³/mol. The molecule has 6 nitrogen and oxygen atoms in total. The smallest absolute Gasteiger partial charge is 0.241 e. The van der Waals surface area contributed by atoms with Crippen molar-refractivity contribution in [3.63, 3.8) is 0 Å². The number of sulfonamides is 1. The Labute approximate surface area is 179 Å². The summed E-state index contributed by atoms with van der Waals surface area (Å²) in [6.45, 7) is 1.33. The Morgan fingerprint density at radius 1 is 1.11 bits per heavy atom. The number of nitrogens with zero attached hydrogens (tertiary/aromatic N) is 1. The molecule has 10 heteroatoms. The third kappa shape index (κ3) is 5.67. The van der Waals surface area contributed by atoms with E-state index >= 15 is 0 Å². The van der Waals surface area contributed by atoms with E-state index in [-0.39, 0.29) is 26.8 Å². The Bertz CT molecular complexity index is 966. The van der Waals surface area contributed by atoms with Gasteiger partial charge in [0.2, 0.25) is 15.9 Å². The van der Waals surface area contributed by atoms with E-state index in [1.54, 1.807) is 26.2 Å². The molecule has 0 spiro atoms. The lowest BCUT2D eigenvalue weighted by atomic mass is 10.1. The maximum Gasteiger partial charge on any atom is 0.241 e. The maximum atomic E-state index is 12.5. The summed E-state index contributed by atoms with van der Waals surface area (Å²) >= 11 is 18.0. The second kappa shape index (κ2) is 9.22. The molecule has 1 unspecified atom stereocenters. The minimum absolute atomic E-state index is 0.0656. The zero-order valence-corrected chi connectivity index (χ0v) is 18.5. The highest BCUT2D eigenvalue weighted by molar-refractivity contribution is 7.92. The second-order valence-electron chi connectivity index (χ2n) is 6.05. The summed E-state index contributed by atoms with van der Waals surface area (Å²) in [4.78, 5) is 12.5. The summed E-state index contributed by atoms with van der Waals surface area (Å²) in [5.41, 5.74) is 0.915. The van der Waals surface area contributed by atoms with Crippen LogP contribution in [0.5, 0.6) is 5.75 Å². The van der Waals surface area contributed by atoms with E-state index < -0.39 is 22.5 Å². The van der Waals surface area contributed by atoms with Crippen molar-refractivity contribution in [2.75, 3.05) is 24.2 Å². The van der Waals surface area contributed by atoms with Crippen LogP contribution in [0.3, 0.4) is 0 Å². The molecule has 1 N–H and O–H groups in total. The minimum Gasteiger partial charge on any atom is -0.497 e. The fourth-order valence-electron chi connectivity index (χ4n) is 2.48. The number of ether oxygens (including phenoxy) is 1. The Morgan fingerprint density at radius 3 is 2.21 bits per heavy atom. The number of benzene rings is 2. The van der Waals surface area contributed by atoms with E-state index in [0.717, 1.165) is 16.1 Å². The van der Waals surface area contributed by atoms with Gasteiger partial charge in [0.1, 0.15) is 12.3 Å². The molecule has 0 aromatic heterocycles. The summed E-state index contributed by atoms with van der Waals surface area (Å²) in [5, 5.41) is 3.14. The van der Waals surface area contributed by atoms with Crippen molar-refractivity contribution in [3.8, 4) is 5.75 Å². The van der Waals surface area contributed by atoms with Crippen molar-refractivity contribution >= 4 is 56.4 Å². The van der Waals surface area contributed by atoms with Crippen LogP contribution in [0.15, 0.2) is 36.4 Å². The molecule has 152 valence electrons. The van der Waals surface area contributed by atoms with Gasteiger partial charge < -0.3 is 10.1 Å². The van der Waals surface area contributed by atoms with Crippen molar-refractivity contribution in [1.82, 2.24) is 5.32 Å². The van der Waals surface area contributed by atoms with E-state index in [2.05, 4.69) is 5.32 Å². The maximum absolute atomic E-state index is 12.5. The number of nitrogens with one attached hydrogen (secondary N) is 1. The van der Waals surface area contributed by atoms with Gasteiger partial charge in [0.05, 0.1) is 40.2 Å². The zero-order valence-electron chi connectivity index (χ0n) is 15.4. The fraction of sp³-hybridized carbons (Fsp3) is 0.278. The molecule has 0 radical (unpaired) electrons. The van der Waals surface area contributed by atoms with Gasteiger partial charge in [-0.05, 0) is 36.8 Å². The first-order valence-electron chi connectivity index (χ1n) is 8.08. The molecular weight excluding hydrogens is 447 g/mol. The number of carbonyl (C=O) groups is 1. The molecule has 0 aliphatic heterocycles. The average molecular weight is 466 g/mol. The van der Waals surface area contributed by atoms with Gasteiger partial charge in [-0.25, -0.2) is 8.42 Å². The molecule has 1 atom stereocenters. The monoisotopic (exact) mass is 464 g/mol. The third-order valence-corrected chi connectivity index (χ3v) is 6.09. The first kappa shape index (κ1) is 22.6. The number of amides is 1. The number of methoxy groups -OCH3 is 1. The highest BCUT2D eigenvalue weighted by atomic mass is 35.5. The van der Waals surface area contributed by atoms with Gasteiger partial charge in [0.15, 0.2) is 0 Å². The van der Waals surface area contributed by atoms with Gasteiger partial charge in [-0.1, -0.05) is 46.9 Å². The summed E-state index contributed by atoms with van der Waals surface area (Å²) in [6.07, 6.45) is 0.978. The molecular formula is C18H19Cl3N2O4S. The molecule has 0 aliphatic rings. The Kier molecular flexibility index (Phi) is 7.45. The number of hydrogen-bond acceptors (Lipinski definition) is 4. The molecule has 0 bridgehead atoms. The van der Waals surface area contributed by atoms with Crippen LogP contribution < -0.4 is 14.4 Å². The van der Waals surface area contributed by atoms with Crippen LogP contribution in [-0.2, 0) is 14.8 Å². The zero-order chi connectivity index (χ0) is 21.1.